The molecule has 1 aliphatic carbocycles. The quantitative estimate of drug-likeness (QED) is 0.875. The molecule has 0 bridgehead atoms. The summed E-state index contributed by atoms with van der Waals surface area (Å²) < 4.78 is 5.30. The molecule has 0 atom stereocenters. The Morgan fingerprint density at radius 1 is 1.10 bits per heavy atom. The second-order valence-corrected chi connectivity index (χ2v) is 5.73. The second-order valence-electron chi connectivity index (χ2n) is 5.73. The summed E-state index contributed by atoms with van der Waals surface area (Å²) >= 11 is 0. The van der Waals surface area contributed by atoms with Gasteiger partial charge in [-0.1, -0.05) is 44.2 Å². The molecule has 0 unspecified atom stereocenters. The number of ether oxygens (including phenoxy) is 1. The third kappa shape index (κ3) is 5.34. The van der Waals surface area contributed by atoms with Crippen LogP contribution in [-0.2, 0) is 6.54 Å². The van der Waals surface area contributed by atoms with Gasteiger partial charge in [0.1, 0.15) is 5.75 Å². The molecule has 114 valence electrons. The Morgan fingerprint density at radius 2 is 1.75 bits per heavy atom. The number of methoxy groups -OCH3 is 1. The molecular weight excluding hydrogens is 270 g/mol. The van der Waals surface area contributed by atoms with E-state index in [1.165, 1.54) is 56.1 Å². The molecule has 20 heavy (non-hydrogen) atoms. The van der Waals surface area contributed by atoms with E-state index in [2.05, 4.69) is 30.4 Å². The van der Waals surface area contributed by atoms with Crippen molar-refractivity contribution in [3.8, 4) is 5.75 Å². The third-order valence-electron chi connectivity index (χ3n) is 4.16. The molecule has 1 aromatic carbocycles. The second kappa shape index (κ2) is 9.25. The van der Waals surface area contributed by atoms with Crippen LogP contribution >= 0.6 is 12.4 Å². The molecule has 1 aromatic rings. The van der Waals surface area contributed by atoms with Crippen LogP contribution in [0.5, 0.6) is 5.75 Å². The van der Waals surface area contributed by atoms with Crippen LogP contribution in [0.1, 0.15) is 56.1 Å². The Bertz CT molecular complexity index is 387. The minimum Gasteiger partial charge on any atom is -0.496 e. The molecule has 2 rings (SSSR count). The van der Waals surface area contributed by atoms with E-state index >= 15 is 0 Å². The maximum absolute atomic E-state index is 5.30. The molecule has 1 fully saturated rings. The highest BCUT2D eigenvalue weighted by Gasteiger charge is 2.10. The highest BCUT2D eigenvalue weighted by molar-refractivity contribution is 5.85. The molecule has 0 spiro atoms. The van der Waals surface area contributed by atoms with Gasteiger partial charge in [0.15, 0.2) is 0 Å². The first-order chi connectivity index (χ1) is 9.29. The van der Waals surface area contributed by atoms with E-state index in [0.717, 1.165) is 12.3 Å². The summed E-state index contributed by atoms with van der Waals surface area (Å²) in [5.74, 6) is 0.981. The van der Waals surface area contributed by atoms with E-state index in [0.29, 0.717) is 6.04 Å². The van der Waals surface area contributed by atoms with Crippen LogP contribution in [0.2, 0.25) is 0 Å². The molecule has 3 heteroatoms. The Balaban J connectivity index is 0.00000200. The van der Waals surface area contributed by atoms with Crippen molar-refractivity contribution in [2.75, 3.05) is 7.11 Å². The smallest absolute Gasteiger partial charge is 0.121 e. The molecule has 0 amide bonds. The van der Waals surface area contributed by atoms with Crippen LogP contribution in [0.3, 0.4) is 0 Å². The van der Waals surface area contributed by atoms with Crippen molar-refractivity contribution >= 4 is 12.4 Å². The van der Waals surface area contributed by atoms with Crippen LogP contribution in [0.4, 0.5) is 0 Å². The molecule has 0 radical (unpaired) electrons. The molecule has 1 aliphatic rings. The van der Waals surface area contributed by atoms with Crippen LogP contribution in [0.25, 0.3) is 0 Å². The fourth-order valence-corrected chi connectivity index (χ4v) is 2.97. The van der Waals surface area contributed by atoms with Gasteiger partial charge in [0.05, 0.1) is 7.11 Å². The first-order valence-electron chi connectivity index (χ1n) is 7.66. The zero-order valence-corrected chi connectivity index (χ0v) is 13.6. The van der Waals surface area contributed by atoms with Gasteiger partial charge in [0.25, 0.3) is 0 Å². The lowest BCUT2D eigenvalue weighted by molar-refractivity contribution is 0.388. The van der Waals surface area contributed by atoms with Gasteiger partial charge in [0, 0.05) is 12.6 Å². The minimum absolute atomic E-state index is 0. The number of halogens is 1. The lowest BCUT2D eigenvalue weighted by Crippen LogP contribution is -2.29. The monoisotopic (exact) mass is 297 g/mol. The summed E-state index contributed by atoms with van der Waals surface area (Å²) in [5.41, 5.74) is 2.58. The molecule has 1 saturated carbocycles. The number of hydrogen-bond donors (Lipinski definition) is 1. The van der Waals surface area contributed by atoms with Crippen molar-refractivity contribution < 1.29 is 4.74 Å². The number of benzene rings is 1. The molecule has 0 saturated heterocycles. The molecule has 1 N–H and O–H groups in total. The standard InChI is InChI=1S/C17H27NO.ClH/c1-14-12-15(10-11-17(14)19-2)13-18-16-8-6-4-3-5-7-9-16;/h10-12,16,18H,3-9,13H2,1-2H3;1H. The fourth-order valence-electron chi connectivity index (χ4n) is 2.97. The topological polar surface area (TPSA) is 21.3 Å². The van der Waals surface area contributed by atoms with Crippen molar-refractivity contribution in [1.29, 1.82) is 0 Å². The number of hydrogen-bond acceptors (Lipinski definition) is 2. The van der Waals surface area contributed by atoms with Crippen molar-refractivity contribution in [1.82, 2.24) is 5.32 Å². The summed E-state index contributed by atoms with van der Waals surface area (Å²) in [7, 11) is 1.73. The lowest BCUT2D eigenvalue weighted by atomic mass is 9.96. The molecule has 0 aliphatic heterocycles. The van der Waals surface area contributed by atoms with Gasteiger partial charge in [-0.05, 0) is 37.0 Å². The third-order valence-corrected chi connectivity index (χ3v) is 4.16. The van der Waals surface area contributed by atoms with Gasteiger partial charge in [0.2, 0.25) is 0 Å². The van der Waals surface area contributed by atoms with Crippen LogP contribution in [0, 0.1) is 6.92 Å². The largest absolute Gasteiger partial charge is 0.496 e. The number of rotatable bonds is 4. The summed E-state index contributed by atoms with van der Waals surface area (Å²) in [6.07, 6.45) is 9.73. The highest BCUT2D eigenvalue weighted by Crippen LogP contribution is 2.20. The molecule has 2 nitrogen and oxygen atoms in total. The number of nitrogens with one attached hydrogen (secondary N) is 1. The predicted molar refractivity (Wildman–Crippen MR) is 87.9 cm³/mol. The van der Waals surface area contributed by atoms with E-state index < -0.39 is 0 Å². The molecular formula is C17H28ClNO. The predicted octanol–water partition coefficient (Wildman–Crippen LogP) is 4.63. The van der Waals surface area contributed by atoms with Crippen molar-refractivity contribution in [3.63, 3.8) is 0 Å². The average molecular weight is 298 g/mol. The van der Waals surface area contributed by atoms with Gasteiger partial charge < -0.3 is 10.1 Å². The summed E-state index contributed by atoms with van der Waals surface area (Å²) in [4.78, 5) is 0. The van der Waals surface area contributed by atoms with Crippen molar-refractivity contribution in [3.05, 3.63) is 29.3 Å². The number of aryl methyl sites for hydroxylation is 1. The zero-order valence-electron chi connectivity index (χ0n) is 12.8. The summed E-state index contributed by atoms with van der Waals surface area (Å²) in [6.45, 7) is 3.09. The molecule has 0 heterocycles. The Labute approximate surface area is 129 Å². The Hall–Kier alpha value is -0.730. The van der Waals surface area contributed by atoms with E-state index in [4.69, 9.17) is 4.74 Å². The van der Waals surface area contributed by atoms with Crippen LogP contribution in [0.15, 0.2) is 18.2 Å². The van der Waals surface area contributed by atoms with Crippen molar-refractivity contribution in [2.24, 2.45) is 0 Å². The normalized spacial score (nSPS) is 16.9. The first-order valence-corrected chi connectivity index (χ1v) is 7.66. The molecule has 0 aromatic heterocycles. The Morgan fingerprint density at radius 3 is 2.35 bits per heavy atom. The van der Waals surface area contributed by atoms with Gasteiger partial charge >= 0.3 is 0 Å². The van der Waals surface area contributed by atoms with E-state index in [-0.39, 0.29) is 12.4 Å². The summed E-state index contributed by atoms with van der Waals surface area (Å²) in [6, 6.07) is 7.18. The maximum Gasteiger partial charge on any atom is 0.121 e. The van der Waals surface area contributed by atoms with Gasteiger partial charge in [-0.3, -0.25) is 0 Å². The van der Waals surface area contributed by atoms with Crippen molar-refractivity contribution in [2.45, 2.75) is 64.5 Å². The van der Waals surface area contributed by atoms with Gasteiger partial charge in [-0.25, -0.2) is 0 Å². The van der Waals surface area contributed by atoms with Gasteiger partial charge in [-0.2, -0.15) is 0 Å². The first kappa shape index (κ1) is 17.3. The van der Waals surface area contributed by atoms with Crippen LogP contribution in [-0.4, -0.2) is 13.2 Å². The van der Waals surface area contributed by atoms with Gasteiger partial charge in [-0.15, -0.1) is 12.4 Å². The van der Waals surface area contributed by atoms with Crippen LogP contribution < -0.4 is 10.1 Å². The average Bonchev–Trinajstić information content (AvgIpc) is 2.37. The fraction of sp³-hybridized carbons (Fsp3) is 0.647. The van der Waals surface area contributed by atoms with E-state index in [1.807, 2.05) is 0 Å². The zero-order chi connectivity index (χ0) is 13.5. The Kier molecular flexibility index (Phi) is 8.01. The lowest BCUT2D eigenvalue weighted by Gasteiger charge is -2.21. The summed E-state index contributed by atoms with van der Waals surface area (Å²) in [5, 5.41) is 3.73. The maximum atomic E-state index is 5.30. The minimum atomic E-state index is 0. The SMILES string of the molecule is COc1ccc(CNC2CCCCCCC2)cc1C.Cl. The van der Waals surface area contributed by atoms with E-state index in [9.17, 15) is 0 Å². The highest BCUT2D eigenvalue weighted by atomic mass is 35.5. The van der Waals surface area contributed by atoms with E-state index in [1.54, 1.807) is 7.11 Å².